The predicted molar refractivity (Wildman–Crippen MR) is 110 cm³/mol. The Kier molecular flexibility index (Phi) is 7.09. The Balaban J connectivity index is 2.33. The lowest BCUT2D eigenvalue weighted by Crippen LogP contribution is -2.22. The van der Waals surface area contributed by atoms with Gasteiger partial charge >= 0.3 is 5.97 Å². The van der Waals surface area contributed by atoms with Crippen molar-refractivity contribution in [3.8, 4) is 0 Å². The van der Waals surface area contributed by atoms with Gasteiger partial charge in [0.25, 0.3) is 5.56 Å². The molecule has 0 radical (unpaired) electrons. The van der Waals surface area contributed by atoms with Crippen LogP contribution in [0, 0.1) is 6.92 Å². The number of aryl methyl sites for hydroxylation is 1. The number of carbonyl (C=O) groups is 2. The molecule has 0 saturated heterocycles. The highest BCUT2D eigenvalue weighted by molar-refractivity contribution is 6.13. The van der Waals surface area contributed by atoms with Gasteiger partial charge in [0.1, 0.15) is 5.69 Å². The summed E-state index contributed by atoms with van der Waals surface area (Å²) in [5.41, 5.74) is 8.25. The number of benzene rings is 1. The van der Waals surface area contributed by atoms with Crippen LogP contribution in [0.2, 0.25) is 0 Å². The summed E-state index contributed by atoms with van der Waals surface area (Å²) in [7, 11) is 0. The molecule has 0 amide bonds. The highest BCUT2D eigenvalue weighted by Crippen LogP contribution is 2.21. The van der Waals surface area contributed by atoms with Gasteiger partial charge in [0.2, 0.25) is 0 Å². The molecule has 0 fully saturated rings. The van der Waals surface area contributed by atoms with Crippen LogP contribution in [-0.2, 0) is 16.0 Å². The molecule has 2 aromatic rings. The van der Waals surface area contributed by atoms with E-state index in [0.717, 1.165) is 11.1 Å². The van der Waals surface area contributed by atoms with Gasteiger partial charge in [-0.2, -0.15) is 0 Å². The number of anilines is 1. The molecule has 3 N–H and O–H groups in total. The molecule has 0 spiro atoms. The standard InChI is InChI=1S/C22H24N2O4/c1-4-17-14(3)24-22(27)20(23)19(17)21(26)16-11-8-10-15(13-16)9-6-7-12-18(25)28-5-2/h6-13H,4-5,23H2,1-3H3,(H,24,27)/b9-6+,12-7+. The van der Waals surface area contributed by atoms with Crippen LogP contribution in [0.4, 0.5) is 5.69 Å². The minimum absolute atomic E-state index is 0.0641. The smallest absolute Gasteiger partial charge is 0.330 e. The first-order valence-corrected chi connectivity index (χ1v) is 9.06. The van der Waals surface area contributed by atoms with Crippen LogP contribution in [0.15, 0.2) is 47.3 Å². The highest BCUT2D eigenvalue weighted by Gasteiger charge is 2.20. The molecule has 0 unspecified atom stereocenters. The number of H-pyrrole nitrogens is 1. The summed E-state index contributed by atoms with van der Waals surface area (Å²) in [6, 6.07) is 6.98. The van der Waals surface area contributed by atoms with Crippen molar-refractivity contribution in [2.45, 2.75) is 27.2 Å². The van der Waals surface area contributed by atoms with E-state index >= 15 is 0 Å². The van der Waals surface area contributed by atoms with Gasteiger partial charge in [-0.05, 0) is 37.5 Å². The first-order valence-electron chi connectivity index (χ1n) is 9.06. The minimum Gasteiger partial charge on any atom is -0.463 e. The molecule has 0 aliphatic rings. The van der Waals surface area contributed by atoms with E-state index in [0.29, 0.717) is 24.3 Å². The van der Waals surface area contributed by atoms with Gasteiger partial charge < -0.3 is 15.5 Å². The third-order valence-electron chi connectivity index (χ3n) is 4.22. The number of carbonyl (C=O) groups excluding carboxylic acids is 2. The van der Waals surface area contributed by atoms with Crippen molar-refractivity contribution in [3.05, 3.63) is 80.8 Å². The second kappa shape index (κ2) is 9.50. The fourth-order valence-electron chi connectivity index (χ4n) is 2.90. The van der Waals surface area contributed by atoms with Gasteiger partial charge in [-0.3, -0.25) is 9.59 Å². The lowest BCUT2D eigenvalue weighted by Gasteiger charge is -2.12. The second-order valence-corrected chi connectivity index (χ2v) is 6.12. The average molecular weight is 380 g/mol. The number of nitrogen functional groups attached to an aromatic ring is 1. The predicted octanol–water partition coefficient (Wildman–Crippen LogP) is 3.19. The van der Waals surface area contributed by atoms with E-state index in [1.807, 2.05) is 13.0 Å². The Labute approximate surface area is 163 Å². The minimum atomic E-state index is -0.460. The van der Waals surface area contributed by atoms with Gasteiger partial charge in [0.15, 0.2) is 5.78 Å². The third kappa shape index (κ3) is 4.85. The van der Waals surface area contributed by atoms with Crippen LogP contribution in [0.5, 0.6) is 0 Å². The van der Waals surface area contributed by atoms with Crippen LogP contribution in [0.25, 0.3) is 6.08 Å². The third-order valence-corrected chi connectivity index (χ3v) is 4.22. The summed E-state index contributed by atoms with van der Waals surface area (Å²) in [6.45, 7) is 5.72. The molecule has 28 heavy (non-hydrogen) atoms. The number of esters is 1. The van der Waals surface area contributed by atoms with E-state index in [1.165, 1.54) is 6.08 Å². The summed E-state index contributed by atoms with van der Waals surface area (Å²) < 4.78 is 4.80. The Hall–Kier alpha value is -3.41. The normalized spacial score (nSPS) is 11.2. The fraction of sp³-hybridized carbons (Fsp3) is 0.227. The van der Waals surface area contributed by atoms with Gasteiger partial charge in [0, 0.05) is 17.3 Å². The molecule has 0 aliphatic carbocycles. The van der Waals surface area contributed by atoms with E-state index in [9.17, 15) is 14.4 Å². The maximum absolute atomic E-state index is 13.1. The number of hydrogen-bond donors (Lipinski definition) is 2. The van der Waals surface area contributed by atoms with Gasteiger partial charge in [0.05, 0.1) is 12.2 Å². The van der Waals surface area contributed by atoms with Gasteiger partial charge in [-0.15, -0.1) is 0 Å². The van der Waals surface area contributed by atoms with E-state index in [2.05, 4.69) is 4.98 Å². The zero-order chi connectivity index (χ0) is 20.7. The largest absolute Gasteiger partial charge is 0.463 e. The number of aromatic nitrogens is 1. The van der Waals surface area contributed by atoms with Crippen molar-refractivity contribution in [2.75, 3.05) is 12.3 Å². The van der Waals surface area contributed by atoms with Crippen molar-refractivity contribution in [1.82, 2.24) is 4.98 Å². The number of aromatic amines is 1. The van der Waals surface area contributed by atoms with Crippen LogP contribution in [0.3, 0.4) is 0 Å². The molecule has 0 atom stereocenters. The monoisotopic (exact) mass is 380 g/mol. The number of ketones is 1. The second-order valence-electron chi connectivity index (χ2n) is 6.12. The molecule has 0 saturated carbocycles. The number of rotatable bonds is 7. The molecule has 0 aliphatic heterocycles. The molecular formula is C22H24N2O4. The van der Waals surface area contributed by atoms with E-state index in [1.54, 1.807) is 50.3 Å². The van der Waals surface area contributed by atoms with Gasteiger partial charge in [-0.1, -0.05) is 43.4 Å². The van der Waals surface area contributed by atoms with E-state index in [-0.39, 0.29) is 17.0 Å². The van der Waals surface area contributed by atoms with Crippen LogP contribution in [0.1, 0.15) is 46.6 Å². The van der Waals surface area contributed by atoms with Crippen LogP contribution < -0.4 is 11.3 Å². The zero-order valence-corrected chi connectivity index (χ0v) is 16.2. The number of nitrogens with two attached hydrogens (primary N) is 1. The van der Waals surface area contributed by atoms with Crippen molar-refractivity contribution < 1.29 is 14.3 Å². The Morgan fingerprint density at radius 2 is 1.96 bits per heavy atom. The summed E-state index contributed by atoms with van der Waals surface area (Å²) in [5, 5.41) is 0. The maximum Gasteiger partial charge on any atom is 0.330 e. The molecule has 1 heterocycles. The quantitative estimate of drug-likeness (QED) is 0.332. The summed E-state index contributed by atoms with van der Waals surface area (Å²) in [5.74, 6) is -0.704. The molecule has 1 aromatic carbocycles. The molecule has 2 rings (SSSR count). The molecule has 6 nitrogen and oxygen atoms in total. The van der Waals surface area contributed by atoms with Crippen molar-refractivity contribution in [3.63, 3.8) is 0 Å². The maximum atomic E-state index is 13.1. The first kappa shape index (κ1) is 20.9. The van der Waals surface area contributed by atoms with Crippen LogP contribution in [-0.4, -0.2) is 23.3 Å². The summed E-state index contributed by atoms with van der Waals surface area (Å²) >= 11 is 0. The zero-order valence-electron chi connectivity index (χ0n) is 16.2. The molecular weight excluding hydrogens is 356 g/mol. The number of pyridine rings is 1. The molecule has 0 bridgehead atoms. The average Bonchev–Trinajstić information content (AvgIpc) is 2.67. The topological polar surface area (TPSA) is 102 Å². The lowest BCUT2D eigenvalue weighted by molar-refractivity contribution is -0.137. The Bertz CT molecular complexity index is 1000. The summed E-state index contributed by atoms with van der Waals surface area (Å²) in [6.07, 6.45) is 6.91. The van der Waals surface area contributed by atoms with Crippen molar-refractivity contribution in [1.29, 1.82) is 0 Å². The number of ether oxygens (including phenoxy) is 1. The Morgan fingerprint density at radius 1 is 1.21 bits per heavy atom. The lowest BCUT2D eigenvalue weighted by atomic mass is 9.94. The highest BCUT2D eigenvalue weighted by atomic mass is 16.5. The van der Waals surface area contributed by atoms with E-state index in [4.69, 9.17) is 10.5 Å². The fourth-order valence-corrected chi connectivity index (χ4v) is 2.90. The van der Waals surface area contributed by atoms with E-state index < -0.39 is 11.5 Å². The molecule has 146 valence electrons. The molecule has 6 heteroatoms. The SMILES string of the molecule is CCOC(=O)/C=C/C=C/c1cccc(C(=O)c2c(CC)c(C)[nH]c(=O)c2N)c1. The van der Waals surface area contributed by atoms with Crippen molar-refractivity contribution in [2.24, 2.45) is 0 Å². The number of hydrogen-bond acceptors (Lipinski definition) is 5. The van der Waals surface area contributed by atoms with Gasteiger partial charge in [-0.25, -0.2) is 4.79 Å². The molecule has 1 aromatic heterocycles. The first-order chi connectivity index (χ1) is 13.4. The van der Waals surface area contributed by atoms with Crippen molar-refractivity contribution >= 4 is 23.5 Å². The number of nitrogens with one attached hydrogen (secondary N) is 1. The number of allylic oxidation sites excluding steroid dienone is 2. The summed E-state index contributed by atoms with van der Waals surface area (Å²) in [4.78, 5) is 39.0. The Morgan fingerprint density at radius 3 is 2.64 bits per heavy atom. The van der Waals surface area contributed by atoms with Crippen LogP contribution >= 0.6 is 0 Å².